The second kappa shape index (κ2) is 9.81. The third kappa shape index (κ3) is 5.38. The van der Waals surface area contributed by atoms with Crippen LogP contribution in [0.15, 0.2) is 35.3 Å². The topological polar surface area (TPSA) is 77.3 Å². The van der Waals surface area contributed by atoms with Crippen LogP contribution in [0.5, 0.6) is 5.75 Å². The number of aromatic nitrogens is 3. The molecule has 4 rings (SSSR count). The molecule has 0 N–H and O–H groups in total. The van der Waals surface area contributed by atoms with Gasteiger partial charge in [-0.3, -0.25) is 9.00 Å². The van der Waals surface area contributed by atoms with Crippen molar-refractivity contribution >= 4 is 39.3 Å². The van der Waals surface area contributed by atoms with Gasteiger partial charge in [-0.15, -0.1) is 0 Å². The first-order valence-electron chi connectivity index (χ1n) is 11.0. The van der Waals surface area contributed by atoms with E-state index in [1.165, 1.54) is 12.7 Å². The predicted octanol–water partition coefficient (Wildman–Crippen LogP) is 3.77. The predicted molar refractivity (Wildman–Crippen MR) is 134 cm³/mol. The highest BCUT2D eigenvalue weighted by Crippen LogP contribution is 2.27. The van der Waals surface area contributed by atoms with Gasteiger partial charge >= 0.3 is 0 Å². The molecule has 0 amide bonds. The number of ether oxygens (including phenoxy) is 1. The first-order valence-corrected chi connectivity index (χ1v) is 13.1. The summed E-state index contributed by atoms with van der Waals surface area (Å²) >= 11 is 6.46. The highest BCUT2D eigenvalue weighted by atomic mass is 35.5. The van der Waals surface area contributed by atoms with E-state index < -0.39 is 10.8 Å². The van der Waals surface area contributed by atoms with Gasteiger partial charge in [-0.25, -0.2) is 9.97 Å². The minimum Gasteiger partial charge on any atom is -0.475 e. The van der Waals surface area contributed by atoms with E-state index in [2.05, 4.69) is 23.7 Å². The van der Waals surface area contributed by atoms with Crippen LogP contribution in [-0.2, 0) is 24.3 Å². The molecule has 176 valence electrons. The van der Waals surface area contributed by atoms with Crippen molar-refractivity contribution in [3.63, 3.8) is 0 Å². The average molecular weight is 489 g/mol. The number of aryl methyl sites for hydroxylation is 1. The van der Waals surface area contributed by atoms with Gasteiger partial charge in [-0.1, -0.05) is 31.5 Å². The van der Waals surface area contributed by atoms with Crippen molar-refractivity contribution in [2.24, 2.45) is 18.9 Å². The highest BCUT2D eigenvalue weighted by molar-refractivity contribution is 7.84. The monoisotopic (exact) mass is 488 g/mol. The number of fused-ring (bicyclic) bond motifs is 1. The van der Waals surface area contributed by atoms with Gasteiger partial charge < -0.3 is 14.2 Å². The number of hydrogen-bond donors (Lipinski definition) is 0. The van der Waals surface area contributed by atoms with E-state index in [9.17, 15) is 9.00 Å². The summed E-state index contributed by atoms with van der Waals surface area (Å²) < 4.78 is 18.4. The third-order valence-electron chi connectivity index (χ3n) is 5.96. The van der Waals surface area contributed by atoms with Crippen molar-refractivity contribution in [1.82, 2.24) is 14.5 Å². The van der Waals surface area contributed by atoms with Crippen LogP contribution in [0.2, 0.25) is 5.02 Å². The van der Waals surface area contributed by atoms with E-state index in [0.717, 1.165) is 41.2 Å². The maximum absolute atomic E-state index is 12.5. The molecule has 3 aromatic rings. The van der Waals surface area contributed by atoms with Gasteiger partial charge in [0.1, 0.15) is 0 Å². The molecule has 9 heteroatoms. The Morgan fingerprint density at radius 2 is 1.94 bits per heavy atom. The summed E-state index contributed by atoms with van der Waals surface area (Å²) in [7, 11) is 0.542. The number of benzene rings is 1. The molecule has 0 unspecified atom stereocenters. The molecule has 1 aromatic carbocycles. The molecular weight excluding hydrogens is 460 g/mol. The summed E-state index contributed by atoms with van der Waals surface area (Å²) in [6, 6.07) is 7.61. The largest absolute Gasteiger partial charge is 0.475 e. The Bertz CT molecular complexity index is 1250. The second-order valence-electron chi connectivity index (χ2n) is 9.09. The molecule has 7 nitrogen and oxygen atoms in total. The minimum absolute atomic E-state index is 0.0203. The molecule has 1 aliphatic heterocycles. The Morgan fingerprint density at radius 1 is 1.21 bits per heavy atom. The summed E-state index contributed by atoms with van der Waals surface area (Å²) in [5.41, 5.74) is 2.32. The third-order valence-corrected chi connectivity index (χ3v) is 6.73. The molecule has 3 heterocycles. The molecule has 1 aliphatic rings. The Hall–Kier alpha value is -2.45. The molecule has 1 saturated heterocycles. The number of anilines is 1. The Kier molecular flexibility index (Phi) is 7.05. The van der Waals surface area contributed by atoms with Crippen LogP contribution in [-0.4, -0.2) is 44.0 Å². The number of piperidine rings is 1. The van der Waals surface area contributed by atoms with Gasteiger partial charge in [0, 0.05) is 38.2 Å². The van der Waals surface area contributed by atoms with Gasteiger partial charge in [0.05, 0.1) is 33.2 Å². The molecule has 33 heavy (non-hydrogen) atoms. The normalized spacial score (nSPS) is 19.6. The molecule has 0 spiro atoms. The molecule has 1 fully saturated rings. The van der Waals surface area contributed by atoms with Gasteiger partial charge in [0.25, 0.3) is 5.56 Å². The zero-order valence-electron chi connectivity index (χ0n) is 19.4. The van der Waals surface area contributed by atoms with Crippen molar-refractivity contribution in [2.75, 3.05) is 30.2 Å². The van der Waals surface area contributed by atoms with Crippen LogP contribution in [0.3, 0.4) is 0 Å². The van der Waals surface area contributed by atoms with Gasteiger partial charge in [-0.2, -0.15) is 0 Å². The van der Waals surface area contributed by atoms with E-state index in [1.807, 2.05) is 18.2 Å². The van der Waals surface area contributed by atoms with Gasteiger partial charge in [0.2, 0.25) is 5.95 Å². The molecular formula is C24H29ClN4O3S. The number of nitrogens with zero attached hydrogens (tertiary/aromatic N) is 4. The zero-order valence-corrected chi connectivity index (χ0v) is 20.9. The van der Waals surface area contributed by atoms with E-state index in [1.54, 1.807) is 23.9 Å². The lowest BCUT2D eigenvalue weighted by atomic mass is 9.92. The molecule has 0 radical (unpaired) electrons. The van der Waals surface area contributed by atoms with E-state index in [0.29, 0.717) is 23.3 Å². The van der Waals surface area contributed by atoms with Crippen LogP contribution in [0, 0.1) is 11.8 Å². The number of rotatable bonds is 6. The maximum Gasteiger partial charge on any atom is 0.293 e. The fourth-order valence-electron chi connectivity index (χ4n) is 4.55. The van der Waals surface area contributed by atoms with Crippen LogP contribution < -0.4 is 15.2 Å². The first kappa shape index (κ1) is 23.7. The Balaban J connectivity index is 1.64. The quantitative estimate of drug-likeness (QED) is 0.525. The number of halogens is 1. The summed E-state index contributed by atoms with van der Waals surface area (Å²) in [6.45, 7) is 6.41. The fourth-order valence-corrected chi connectivity index (χ4v) is 5.00. The number of hydrogen-bond acceptors (Lipinski definition) is 6. The van der Waals surface area contributed by atoms with E-state index in [4.69, 9.17) is 21.3 Å². The molecule has 0 saturated carbocycles. The van der Waals surface area contributed by atoms with Gasteiger partial charge in [0.15, 0.2) is 11.7 Å². The van der Waals surface area contributed by atoms with Crippen LogP contribution >= 0.6 is 11.6 Å². The average Bonchev–Trinajstić information content (AvgIpc) is 2.76. The lowest BCUT2D eigenvalue weighted by Gasteiger charge is -2.35. The summed E-state index contributed by atoms with van der Waals surface area (Å²) in [4.78, 5) is 24.1. The standard InChI is InChI=1S/C24H29ClN4O3S/c1-15-7-16(2)13-29(12-15)24-26-11-19(25)20(27-24)9-17-5-6-21-18(8-17)10-22(23(30)28(21)3)32-14-33(4)31/h5-6,8,10-11,15-16H,7,9,12-14H2,1-4H3/t15-,16+,33-/m0/s1. The summed E-state index contributed by atoms with van der Waals surface area (Å²) in [5.74, 6) is 2.09. The van der Waals surface area contributed by atoms with Crippen molar-refractivity contribution in [3.05, 3.63) is 57.1 Å². The lowest BCUT2D eigenvalue weighted by molar-refractivity contribution is 0.353. The van der Waals surface area contributed by atoms with Crippen LogP contribution in [0.4, 0.5) is 5.95 Å². The number of pyridine rings is 1. The van der Waals surface area contributed by atoms with Gasteiger partial charge in [-0.05, 0) is 42.0 Å². The summed E-state index contributed by atoms with van der Waals surface area (Å²) in [5, 5.41) is 1.39. The van der Waals surface area contributed by atoms with Crippen LogP contribution in [0.25, 0.3) is 10.9 Å². The zero-order chi connectivity index (χ0) is 23.7. The van der Waals surface area contributed by atoms with Crippen LogP contribution in [0.1, 0.15) is 31.5 Å². The maximum atomic E-state index is 12.5. The Labute approximate surface area is 201 Å². The van der Waals surface area contributed by atoms with E-state index in [-0.39, 0.29) is 17.2 Å². The minimum atomic E-state index is -1.16. The summed E-state index contributed by atoms with van der Waals surface area (Å²) in [6.07, 6.45) is 4.98. The van der Waals surface area contributed by atoms with Crippen molar-refractivity contribution in [1.29, 1.82) is 0 Å². The highest BCUT2D eigenvalue weighted by Gasteiger charge is 2.24. The van der Waals surface area contributed by atoms with E-state index >= 15 is 0 Å². The SMILES string of the molecule is C[C@@H]1C[C@H](C)CN(c2ncc(Cl)c(Cc3ccc4c(c3)cc(OC[S@](C)=O)c(=O)n4C)n2)C1. The Morgan fingerprint density at radius 3 is 2.64 bits per heavy atom. The second-order valence-corrected chi connectivity index (χ2v) is 10.9. The van der Waals surface area contributed by atoms with Crippen molar-refractivity contribution in [3.8, 4) is 5.75 Å². The molecule has 2 aromatic heterocycles. The molecule has 0 bridgehead atoms. The van der Waals surface area contributed by atoms with Crippen molar-refractivity contribution < 1.29 is 8.95 Å². The molecule has 3 atom stereocenters. The molecule has 0 aliphatic carbocycles. The lowest BCUT2D eigenvalue weighted by Crippen LogP contribution is -2.39. The fraction of sp³-hybridized carbons (Fsp3) is 0.458. The smallest absolute Gasteiger partial charge is 0.293 e. The van der Waals surface area contributed by atoms with Crippen molar-refractivity contribution in [2.45, 2.75) is 26.7 Å². The first-order chi connectivity index (χ1) is 15.7.